The number of rotatable bonds is 3. The minimum Gasteiger partial charge on any atom is -0.496 e. The van der Waals surface area contributed by atoms with Crippen molar-refractivity contribution in [3.05, 3.63) is 62.0 Å². The first-order valence-electron chi connectivity index (χ1n) is 5.67. The maximum Gasteiger partial charge on any atom is 0.137 e. The first-order valence-corrected chi connectivity index (χ1v) is 7.26. The lowest BCUT2D eigenvalue weighted by molar-refractivity contribution is 0.412. The molecule has 0 fully saturated rings. The van der Waals surface area contributed by atoms with Crippen LogP contribution in [0.2, 0.25) is 0 Å². The fourth-order valence-electron chi connectivity index (χ4n) is 1.83. The average Bonchev–Trinajstić information content (AvgIpc) is 2.42. The fraction of sp³-hybridized carbons (Fsp3) is 0.143. The molecule has 0 spiro atoms. The molecular formula is C14H11Br2F2NO. The fourth-order valence-corrected chi connectivity index (χ4v) is 2.71. The molecule has 0 bridgehead atoms. The van der Waals surface area contributed by atoms with Gasteiger partial charge in [0.25, 0.3) is 0 Å². The second-order valence-electron chi connectivity index (χ2n) is 4.16. The van der Waals surface area contributed by atoms with Crippen molar-refractivity contribution in [2.45, 2.75) is 6.04 Å². The van der Waals surface area contributed by atoms with Gasteiger partial charge in [0.1, 0.15) is 17.4 Å². The van der Waals surface area contributed by atoms with Crippen molar-refractivity contribution < 1.29 is 13.5 Å². The van der Waals surface area contributed by atoms with Gasteiger partial charge in [0.15, 0.2) is 0 Å². The third kappa shape index (κ3) is 3.02. The molecule has 1 unspecified atom stereocenters. The van der Waals surface area contributed by atoms with Crippen molar-refractivity contribution in [2.24, 2.45) is 5.73 Å². The van der Waals surface area contributed by atoms with Gasteiger partial charge in [-0.3, -0.25) is 0 Å². The van der Waals surface area contributed by atoms with Gasteiger partial charge in [-0.05, 0) is 61.7 Å². The number of halogens is 4. The van der Waals surface area contributed by atoms with Gasteiger partial charge in [-0.15, -0.1) is 0 Å². The molecule has 0 radical (unpaired) electrons. The van der Waals surface area contributed by atoms with Crippen molar-refractivity contribution in [3.63, 3.8) is 0 Å². The smallest absolute Gasteiger partial charge is 0.137 e. The van der Waals surface area contributed by atoms with E-state index in [2.05, 4.69) is 31.9 Å². The summed E-state index contributed by atoms with van der Waals surface area (Å²) in [5.41, 5.74) is 6.76. The summed E-state index contributed by atoms with van der Waals surface area (Å²) in [5.74, 6) is -0.467. The first-order chi connectivity index (χ1) is 9.43. The number of hydrogen-bond acceptors (Lipinski definition) is 2. The first kappa shape index (κ1) is 15.4. The van der Waals surface area contributed by atoms with Crippen LogP contribution in [0.1, 0.15) is 17.2 Å². The second-order valence-corrected chi connectivity index (χ2v) is 5.87. The Morgan fingerprint density at radius 2 is 1.75 bits per heavy atom. The molecule has 2 nitrogen and oxygen atoms in total. The van der Waals surface area contributed by atoms with Gasteiger partial charge < -0.3 is 10.5 Å². The summed E-state index contributed by atoms with van der Waals surface area (Å²) in [6, 6.07) is 6.56. The molecule has 0 saturated heterocycles. The molecule has 2 N–H and O–H groups in total. The largest absolute Gasteiger partial charge is 0.496 e. The topological polar surface area (TPSA) is 35.2 Å². The van der Waals surface area contributed by atoms with Crippen LogP contribution >= 0.6 is 31.9 Å². The standard InChI is InChI=1S/C14H11Br2F2NO/c1-20-13-3-2-7(4-10(13)16)14(19)8-5-12(18)9(15)6-11(8)17/h2-6,14H,19H2,1H3. The van der Waals surface area contributed by atoms with Crippen LogP contribution in [0, 0.1) is 11.6 Å². The summed E-state index contributed by atoms with van der Waals surface area (Å²) in [7, 11) is 1.55. The summed E-state index contributed by atoms with van der Waals surface area (Å²) < 4.78 is 33.3. The van der Waals surface area contributed by atoms with E-state index in [1.807, 2.05) is 0 Å². The van der Waals surface area contributed by atoms with Crippen molar-refractivity contribution in [1.82, 2.24) is 0 Å². The highest BCUT2D eigenvalue weighted by atomic mass is 79.9. The highest BCUT2D eigenvalue weighted by Crippen LogP contribution is 2.31. The van der Waals surface area contributed by atoms with Gasteiger partial charge in [0.2, 0.25) is 0 Å². The van der Waals surface area contributed by atoms with E-state index < -0.39 is 17.7 Å². The van der Waals surface area contributed by atoms with Crippen molar-refractivity contribution in [3.8, 4) is 5.75 Å². The number of benzene rings is 2. The Kier molecular flexibility index (Phi) is 4.78. The van der Waals surface area contributed by atoms with Crippen molar-refractivity contribution in [2.75, 3.05) is 7.11 Å². The molecule has 0 amide bonds. The summed E-state index contributed by atoms with van der Waals surface area (Å²) >= 11 is 6.27. The van der Waals surface area contributed by atoms with Gasteiger partial charge in [-0.1, -0.05) is 6.07 Å². The van der Waals surface area contributed by atoms with Gasteiger partial charge in [0.05, 0.1) is 22.1 Å². The van der Waals surface area contributed by atoms with E-state index >= 15 is 0 Å². The predicted octanol–water partition coefficient (Wildman–Crippen LogP) is 4.55. The van der Waals surface area contributed by atoms with Crippen LogP contribution in [-0.2, 0) is 0 Å². The Morgan fingerprint density at radius 1 is 1.05 bits per heavy atom. The summed E-state index contributed by atoms with van der Waals surface area (Å²) in [5, 5.41) is 0. The van der Waals surface area contributed by atoms with E-state index in [0.29, 0.717) is 15.8 Å². The van der Waals surface area contributed by atoms with E-state index in [4.69, 9.17) is 10.5 Å². The van der Waals surface area contributed by atoms with Gasteiger partial charge >= 0.3 is 0 Å². The lowest BCUT2D eigenvalue weighted by Gasteiger charge is -2.15. The lowest BCUT2D eigenvalue weighted by atomic mass is 9.99. The van der Waals surface area contributed by atoms with Crippen molar-refractivity contribution >= 4 is 31.9 Å². The Labute approximate surface area is 132 Å². The minimum absolute atomic E-state index is 0.0712. The van der Waals surface area contributed by atoms with Gasteiger partial charge in [-0.25, -0.2) is 8.78 Å². The monoisotopic (exact) mass is 405 g/mol. The molecule has 0 aromatic heterocycles. The van der Waals surface area contributed by atoms with E-state index in [9.17, 15) is 8.78 Å². The number of methoxy groups -OCH3 is 1. The van der Waals surface area contributed by atoms with E-state index in [1.54, 1.807) is 25.3 Å². The Morgan fingerprint density at radius 3 is 2.35 bits per heavy atom. The van der Waals surface area contributed by atoms with Crippen LogP contribution in [0.15, 0.2) is 39.3 Å². The summed E-state index contributed by atoms with van der Waals surface area (Å²) in [4.78, 5) is 0. The normalized spacial score (nSPS) is 12.3. The molecule has 1 atom stereocenters. The number of nitrogens with two attached hydrogens (primary N) is 1. The van der Waals surface area contributed by atoms with E-state index in [0.717, 1.165) is 12.1 Å². The average molecular weight is 407 g/mol. The number of ether oxygens (including phenoxy) is 1. The molecule has 20 heavy (non-hydrogen) atoms. The molecule has 0 aliphatic rings. The highest BCUT2D eigenvalue weighted by Gasteiger charge is 2.17. The molecule has 106 valence electrons. The van der Waals surface area contributed by atoms with Crippen LogP contribution < -0.4 is 10.5 Å². The zero-order chi connectivity index (χ0) is 14.9. The lowest BCUT2D eigenvalue weighted by Crippen LogP contribution is -2.14. The molecule has 6 heteroatoms. The van der Waals surface area contributed by atoms with Gasteiger partial charge in [0, 0.05) is 5.56 Å². The second kappa shape index (κ2) is 6.20. The number of hydrogen-bond donors (Lipinski definition) is 1. The van der Waals surface area contributed by atoms with Crippen LogP contribution in [-0.4, -0.2) is 7.11 Å². The minimum atomic E-state index is -0.764. The highest BCUT2D eigenvalue weighted by molar-refractivity contribution is 9.10. The Hall–Kier alpha value is -0.980. The van der Waals surface area contributed by atoms with E-state index in [1.165, 1.54) is 0 Å². The molecule has 2 aromatic rings. The van der Waals surface area contributed by atoms with Crippen LogP contribution in [0.3, 0.4) is 0 Å². The van der Waals surface area contributed by atoms with Gasteiger partial charge in [-0.2, -0.15) is 0 Å². The Balaban J connectivity index is 2.43. The van der Waals surface area contributed by atoms with E-state index in [-0.39, 0.29) is 10.0 Å². The third-order valence-electron chi connectivity index (χ3n) is 2.91. The quantitative estimate of drug-likeness (QED) is 0.759. The maximum atomic E-state index is 13.9. The van der Waals surface area contributed by atoms with Crippen LogP contribution in [0.5, 0.6) is 5.75 Å². The van der Waals surface area contributed by atoms with Crippen molar-refractivity contribution in [1.29, 1.82) is 0 Å². The molecule has 0 aliphatic carbocycles. The Bertz CT molecular complexity index is 649. The van der Waals surface area contributed by atoms with Crippen LogP contribution in [0.4, 0.5) is 8.78 Å². The third-order valence-corrected chi connectivity index (χ3v) is 4.14. The summed E-state index contributed by atoms with van der Waals surface area (Å²) in [6.07, 6.45) is 0. The molecule has 2 rings (SSSR count). The SMILES string of the molecule is COc1ccc(C(N)c2cc(F)c(Br)cc2F)cc1Br. The molecular weight excluding hydrogens is 396 g/mol. The van der Waals surface area contributed by atoms with Crippen LogP contribution in [0.25, 0.3) is 0 Å². The zero-order valence-corrected chi connectivity index (χ0v) is 13.6. The summed E-state index contributed by atoms with van der Waals surface area (Å²) in [6.45, 7) is 0. The predicted molar refractivity (Wildman–Crippen MR) is 80.8 cm³/mol. The molecule has 0 saturated carbocycles. The maximum absolute atomic E-state index is 13.9. The molecule has 0 heterocycles. The zero-order valence-electron chi connectivity index (χ0n) is 10.5. The molecule has 2 aromatic carbocycles. The molecule has 0 aliphatic heterocycles.